The number of likely N-dealkylation sites (tertiary alicyclic amines) is 1. The Hall–Kier alpha value is -2.88. The summed E-state index contributed by atoms with van der Waals surface area (Å²) in [5, 5.41) is 14.2. The number of carboxylic acid groups (broad SMARTS) is 1. The van der Waals surface area contributed by atoms with Gasteiger partial charge in [0.25, 0.3) is 5.91 Å². The van der Waals surface area contributed by atoms with Crippen LogP contribution in [-0.4, -0.2) is 52.9 Å². The van der Waals surface area contributed by atoms with Crippen molar-refractivity contribution in [3.8, 4) is 0 Å². The van der Waals surface area contributed by atoms with Crippen LogP contribution in [0.4, 0.5) is 13.2 Å². The maximum absolute atomic E-state index is 12.7. The number of aliphatic carboxylic acids is 1. The van der Waals surface area contributed by atoms with Crippen molar-refractivity contribution in [1.82, 2.24) is 15.4 Å². The molecule has 7 nitrogen and oxygen atoms in total. The van der Waals surface area contributed by atoms with Crippen LogP contribution in [0, 0.1) is 18.8 Å². The van der Waals surface area contributed by atoms with E-state index >= 15 is 0 Å². The van der Waals surface area contributed by atoms with Crippen LogP contribution in [0.15, 0.2) is 34.9 Å². The number of carbonyl (C=O) groups is 2. The molecule has 2 N–H and O–H groups in total. The summed E-state index contributed by atoms with van der Waals surface area (Å²) in [4.78, 5) is 24.1. The average Bonchev–Trinajstić information content (AvgIpc) is 3.42. The number of carboxylic acids is 1. The first kappa shape index (κ1) is 24.8. The molecule has 2 aliphatic rings. The Labute approximate surface area is 189 Å². The molecule has 1 aliphatic heterocycles. The Morgan fingerprint density at radius 2 is 1.88 bits per heavy atom. The van der Waals surface area contributed by atoms with E-state index in [9.17, 15) is 18.0 Å². The predicted molar refractivity (Wildman–Crippen MR) is 114 cm³/mol. The molecule has 0 bridgehead atoms. The van der Waals surface area contributed by atoms with Crippen LogP contribution in [0.25, 0.3) is 0 Å². The van der Waals surface area contributed by atoms with Crippen molar-refractivity contribution in [2.75, 3.05) is 19.6 Å². The number of halogens is 3. The van der Waals surface area contributed by atoms with Crippen molar-refractivity contribution in [1.29, 1.82) is 0 Å². The van der Waals surface area contributed by atoms with E-state index in [0.29, 0.717) is 29.2 Å². The third-order valence-corrected chi connectivity index (χ3v) is 6.01. The molecule has 10 heteroatoms. The summed E-state index contributed by atoms with van der Waals surface area (Å²) in [7, 11) is 0. The second-order valence-corrected chi connectivity index (χ2v) is 8.92. The fraction of sp³-hybridized carbons (Fsp3) is 0.522. The van der Waals surface area contributed by atoms with Gasteiger partial charge in [-0.1, -0.05) is 43.3 Å². The number of carbonyl (C=O) groups excluding carboxylic acids is 1. The lowest BCUT2D eigenvalue weighted by molar-refractivity contribution is -0.192. The van der Waals surface area contributed by atoms with E-state index in [1.165, 1.54) is 17.5 Å². The molecule has 0 unspecified atom stereocenters. The second kappa shape index (κ2) is 9.94. The van der Waals surface area contributed by atoms with Crippen LogP contribution in [0.1, 0.15) is 59.6 Å². The Morgan fingerprint density at radius 3 is 2.42 bits per heavy atom. The van der Waals surface area contributed by atoms with E-state index < -0.39 is 12.1 Å². The highest BCUT2D eigenvalue weighted by Gasteiger charge is 2.46. The van der Waals surface area contributed by atoms with E-state index in [4.69, 9.17) is 14.4 Å². The molecular formula is C23H28F3N3O4. The molecule has 3 atom stereocenters. The molecule has 1 aliphatic carbocycles. The van der Waals surface area contributed by atoms with Gasteiger partial charge in [0.2, 0.25) is 0 Å². The molecule has 1 aromatic heterocycles. The minimum absolute atomic E-state index is 0.0461. The monoisotopic (exact) mass is 467 g/mol. The Kier molecular flexibility index (Phi) is 7.46. The zero-order chi connectivity index (χ0) is 24.3. The van der Waals surface area contributed by atoms with Crippen molar-refractivity contribution in [2.24, 2.45) is 11.8 Å². The third kappa shape index (κ3) is 5.93. The second-order valence-electron chi connectivity index (χ2n) is 8.92. The summed E-state index contributed by atoms with van der Waals surface area (Å²) in [6.45, 7) is 9.60. The molecule has 33 heavy (non-hydrogen) atoms. The molecule has 1 fully saturated rings. The molecule has 0 saturated carbocycles. The predicted octanol–water partition coefficient (Wildman–Crippen LogP) is 4.16. The average molecular weight is 467 g/mol. The number of fused-ring (bicyclic) bond motifs is 3. The van der Waals surface area contributed by atoms with Crippen molar-refractivity contribution in [3.05, 3.63) is 52.9 Å². The van der Waals surface area contributed by atoms with Gasteiger partial charge in [-0.05, 0) is 36.9 Å². The topological polar surface area (TPSA) is 95.7 Å². The van der Waals surface area contributed by atoms with E-state index in [-0.39, 0.29) is 11.9 Å². The molecular weight excluding hydrogens is 439 g/mol. The highest BCUT2D eigenvalue weighted by molar-refractivity contribution is 5.92. The van der Waals surface area contributed by atoms with Crippen LogP contribution in [0.5, 0.6) is 0 Å². The zero-order valence-corrected chi connectivity index (χ0v) is 18.7. The molecule has 2 aromatic rings. The summed E-state index contributed by atoms with van der Waals surface area (Å²) in [5.74, 6) is -0.608. The van der Waals surface area contributed by atoms with Gasteiger partial charge in [0.1, 0.15) is 5.76 Å². The molecule has 4 rings (SSSR count). The van der Waals surface area contributed by atoms with E-state index in [1.54, 1.807) is 13.0 Å². The number of benzene rings is 1. The van der Waals surface area contributed by atoms with Crippen molar-refractivity contribution >= 4 is 11.9 Å². The van der Waals surface area contributed by atoms with Crippen LogP contribution < -0.4 is 5.32 Å². The highest BCUT2D eigenvalue weighted by atomic mass is 19.4. The number of hydrogen-bond donors (Lipinski definition) is 2. The molecule has 0 spiro atoms. The van der Waals surface area contributed by atoms with Crippen LogP contribution in [0.3, 0.4) is 0 Å². The maximum Gasteiger partial charge on any atom is 0.490 e. The van der Waals surface area contributed by atoms with Crippen LogP contribution in [-0.2, 0) is 4.79 Å². The molecule has 0 radical (unpaired) electrons. The van der Waals surface area contributed by atoms with Gasteiger partial charge in [-0.25, -0.2) is 4.79 Å². The summed E-state index contributed by atoms with van der Waals surface area (Å²) in [6, 6.07) is 10.3. The lowest BCUT2D eigenvalue weighted by Crippen LogP contribution is -2.34. The maximum atomic E-state index is 12.7. The van der Waals surface area contributed by atoms with Gasteiger partial charge < -0.3 is 19.8 Å². The van der Waals surface area contributed by atoms with Gasteiger partial charge in [-0.3, -0.25) is 4.79 Å². The standard InChI is InChI=1S/C21H27N3O2.C2HF3O2/c1-13(2)8-9-24-11-17-15-6-4-5-7-16(15)20(18(17)12-24)22-21(25)19-10-14(3)26-23-19;3-2(4,5)1(6)7/h4-7,10,13,17-18,20H,8-9,11-12H2,1-3H3,(H,22,25);(H,6,7)/t17-,18-,20+;/m0./s1. The first-order valence-electron chi connectivity index (χ1n) is 10.8. The minimum atomic E-state index is -5.08. The summed E-state index contributed by atoms with van der Waals surface area (Å²) >= 11 is 0. The lowest BCUT2D eigenvalue weighted by Gasteiger charge is -2.23. The van der Waals surface area contributed by atoms with Gasteiger partial charge in [0.15, 0.2) is 5.69 Å². The van der Waals surface area contributed by atoms with Crippen LogP contribution in [0.2, 0.25) is 0 Å². The van der Waals surface area contributed by atoms with Crippen molar-refractivity contribution in [3.63, 3.8) is 0 Å². The first-order chi connectivity index (χ1) is 15.5. The number of rotatable bonds is 5. The molecule has 1 saturated heterocycles. The van der Waals surface area contributed by atoms with Gasteiger partial charge in [-0.2, -0.15) is 13.2 Å². The summed E-state index contributed by atoms with van der Waals surface area (Å²) < 4.78 is 36.8. The summed E-state index contributed by atoms with van der Waals surface area (Å²) in [6.07, 6.45) is -3.86. The molecule has 1 aromatic carbocycles. The SMILES string of the molecule is Cc1cc(C(=O)N[C@@H]2c3ccccc3[C@@H]3CN(CCC(C)C)C[C@H]23)no1.O=C(O)C(F)(F)F. The molecule has 1 amide bonds. The largest absolute Gasteiger partial charge is 0.490 e. The fourth-order valence-corrected chi connectivity index (χ4v) is 4.44. The Balaban J connectivity index is 0.000000383. The molecule has 2 heterocycles. The van der Waals surface area contributed by atoms with Gasteiger partial charge >= 0.3 is 12.1 Å². The lowest BCUT2D eigenvalue weighted by atomic mass is 9.94. The normalized spacial score (nSPS) is 21.8. The number of aromatic nitrogens is 1. The zero-order valence-electron chi connectivity index (χ0n) is 18.7. The number of nitrogens with zero attached hydrogens (tertiary/aromatic N) is 2. The van der Waals surface area contributed by atoms with Gasteiger partial charge in [0.05, 0.1) is 6.04 Å². The highest BCUT2D eigenvalue weighted by Crippen LogP contribution is 2.49. The minimum Gasteiger partial charge on any atom is -0.475 e. The smallest absolute Gasteiger partial charge is 0.475 e. The molecule has 180 valence electrons. The van der Waals surface area contributed by atoms with Crippen LogP contribution >= 0.6 is 0 Å². The number of hydrogen-bond acceptors (Lipinski definition) is 5. The Bertz CT molecular complexity index is 989. The Morgan fingerprint density at radius 1 is 1.24 bits per heavy atom. The number of alkyl halides is 3. The third-order valence-electron chi connectivity index (χ3n) is 6.01. The van der Waals surface area contributed by atoms with E-state index in [2.05, 4.69) is 53.5 Å². The van der Waals surface area contributed by atoms with E-state index in [1.807, 2.05) is 0 Å². The fourth-order valence-electron chi connectivity index (χ4n) is 4.44. The first-order valence-corrected chi connectivity index (χ1v) is 10.8. The number of aryl methyl sites for hydroxylation is 1. The van der Waals surface area contributed by atoms with E-state index in [0.717, 1.165) is 19.6 Å². The number of amides is 1. The van der Waals surface area contributed by atoms with Crippen molar-refractivity contribution < 1.29 is 32.4 Å². The van der Waals surface area contributed by atoms with Crippen molar-refractivity contribution in [2.45, 2.75) is 45.3 Å². The quantitative estimate of drug-likeness (QED) is 0.686. The summed E-state index contributed by atoms with van der Waals surface area (Å²) in [5.41, 5.74) is 3.02. The number of nitrogens with one attached hydrogen (secondary N) is 1. The van der Waals surface area contributed by atoms with Gasteiger partial charge in [0, 0.05) is 31.0 Å². The van der Waals surface area contributed by atoms with Gasteiger partial charge in [-0.15, -0.1) is 0 Å².